The molecular formula is C23H30N2O5. The molecule has 30 heavy (non-hydrogen) atoms. The Morgan fingerprint density at radius 3 is 2.80 bits per heavy atom. The van der Waals surface area contributed by atoms with Gasteiger partial charge in [-0.15, -0.1) is 0 Å². The minimum Gasteiger partial charge on any atom is -0.487 e. The van der Waals surface area contributed by atoms with Crippen LogP contribution in [0.5, 0.6) is 5.75 Å². The Balaban J connectivity index is 1.36. The second kappa shape index (κ2) is 7.87. The molecule has 1 saturated heterocycles. The van der Waals surface area contributed by atoms with Crippen molar-refractivity contribution in [3.63, 3.8) is 0 Å². The van der Waals surface area contributed by atoms with E-state index in [-0.39, 0.29) is 11.5 Å². The van der Waals surface area contributed by atoms with Crippen LogP contribution in [0.4, 0.5) is 0 Å². The van der Waals surface area contributed by atoms with Crippen molar-refractivity contribution < 1.29 is 23.8 Å². The first-order chi connectivity index (χ1) is 14.6. The second-order valence-electron chi connectivity index (χ2n) is 8.83. The Labute approximate surface area is 176 Å². The van der Waals surface area contributed by atoms with Crippen LogP contribution in [0.1, 0.15) is 59.9 Å². The summed E-state index contributed by atoms with van der Waals surface area (Å²) in [5.41, 5.74) is 1.90. The lowest BCUT2D eigenvalue weighted by molar-refractivity contribution is -0.00845. The van der Waals surface area contributed by atoms with Gasteiger partial charge in [0.15, 0.2) is 5.76 Å². The first-order valence-electron chi connectivity index (χ1n) is 11.1. The van der Waals surface area contributed by atoms with E-state index in [0.717, 1.165) is 80.8 Å². The van der Waals surface area contributed by atoms with E-state index in [1.807, 2.05) is 19.1 Å². The van der Waals surface area contributed by atoms with Crippen molar-refractivity contribution in [2.75, 3.05) is 39.4 Å². The maximum absolute atomic E-state index is 12.8. The zero-order valence-electron chi connectivity index (χ0n) is 17.5. The van der Waals surface area contributed by atoms with Crippen LogP contribution < -0.4 is 10.1 Å². The predicted octanol–water partition coefficient (Wildman–Crippen LogP) is 2.93. The van der Waals surface area contributed by atoms with E-state index in [0.29, 0.717) is 24.3 Å². The third-order valence-electron chi connectivity index (χ3n) is 6.86. The summed E-state index contributed by atoms with van der Waals surface area (Å²) >= 11 is 0. The van der Waals surface area contributed by atoms with Gasteiger partial charge in [0.1, 0.15) is 16.9 Å². The van der Waals surface area contributed by atoms with E-state index in [1.165, 1.54) is 0 Å². The number of furan rings is 1. The second-order valence-corrected chi connectivity index (χ2v) is 8.83. The molecule has 1 saturated carbocycles. The summed E-state index contributed by atoms with van der Waals surface area (Å²) in [5.74, 6) is 0.823. The molecule has 5 rings (SSSR count). The molecule has 0 radical (unpaired) electrons. The fourth-order valence-corrected chi connectivity index (χ4v) is 5.28. The predicted molar refractivity (Wildman–Crippen MR) is 112 cm³/mol. The number of carbonyl (C=O) groups is 1. The molecule has 3 aliphatic rings. The highest BCUT2D eigenvalue weighted by Crippen LogP contribution is 2.50. The lowest BCUT2D eigenvalue weighted by Gasteiger charge is -2.38. The van der Waals surface area contributed by atoms with Gasteiger partial charge in [-0.1, -0.05) is 0 Å². The summed E-state index contributed by atoms with van der Waals surface area (Å²) in [4.78, 5) is 15.1. The molecule has 1 aliphatic carbocycles. The molecule has 2 N–H and O–H groups in total. The highest BCUT2D eigenvalue weighted by Gasteiger charge is 2.43. The van der Waals surface area contributed by atoms with E-state index in [2.05, 4.69) is 10.2 Å². The quantitative estimate of drug-likeness (QED) is 0.800. The van der Waals surface area contributed by atoms with Gasteiger partial charge in [0.05, 0.1) is 19.3 Å². The zero-order valence-corrected chi connectivity index (χ0v) is 17.5. The number of morpholine rings is 1. The minimum absolute atomic E-state index is 0.218. The number of hydrogen-bond donors (Lipinski definition) is 2. The monoisotopic (exact) mass is 414 g/mol. The van der Waals surface area contributed by atoms with Crippen molar-refractivity contribution in [1.82, 2.24) is 10.2 Å². The van der Waals surface area contributed by atoms with Gasteiger partial charge in [-0.3, -0.25) is 9.69 Å². The summed E-state index contributed by atoms with van der Waals surface area (Å²) in [6, 6.07) is 3.73. The molecule has 1 atom stereocenters. The summed E-state index contributed by atoms with van der Waals surface area (Å²) in [5, 5.41) is 14.8. The smallest absolute Gasteiger partial charge is 0.287 e. The number of fused-ring (bicyclic) bond motifs is 3. The number of aryl methyl sites for hydroxylation is 1. The number of rotatable bonds is 4. The topological polar surface area (TPSA) is 84.2 Å². The zero-order chi connectivity index (χ0) is 20.7. The Bertz CT molecular complexity index is 941. The molecule has 1 aromatic carbocycles. The molecule has 1 spiro atoms. The molecule has 7 heteroatoms. The van der Waals surface area contributed by atoms with Gasteiger partial charge in [0.25, 0.3) is 5.91 Å². The van der Waals surface area contributed by atoms with E-state index in [9.17, 15) is 9.90 Å². The number of aliphatic hydroxyl groups is 1. The number of benzene rings is 1. The molecule has 1 amide bonds. The van der Waals surface area contributed by atoms with Crippen LogP contribution in [0, 0.1) is 6.92 Å². The molecule has 2 fully saturated rings. The van der Waals surface area contributed by atoms with E-state index in [1.54, 1.807) is 0 Å². The highest BCUT2D eigenvalue weighted by atomic mass is 16.5. The van der Waals surface area contributed by atoms with Crippen molar-refractivity contribution in [2.24, 2.45) is 0 Å². The Morgan fingerprint density at radius 1 is 1.27 bits per heavy atom. The molecule has 2 aliphatic heterocycles. The molecule has 2 aromatic rings. The van der Waals surface area contributed by atoms with Crippen LogP contribution in [0.2, 0.25) is 0 Å². The first-order valence-corrected chi connectivity index (χ1v) is 11.1. The largest absolute Gasteiger partial charge is 0.487 e. The molecule has 1 aromatic heterocycles. The number of aliphatic hydroxyl groups excluding tert-OH is 1. The Hall–Kier alpha value is -2.09. The van der Waals surface area contributed by atoms with Crippen molar-refractivity contribution in [3.8, 4) is 5.75 Å². The average molecular weight is 415 g/mol. The average Bonchev–Trinajstić information content (AvgIpc) is 3.33. The van der Waals surface area contributed by atoms with Crippen LogP contribution in [-0.2, 0) is 4.74 Å². The molecule has 3 heterocycles. The SMILES string of the molecule is Cc1c(C(=O)NCCN2CCOCC2)oc2ccc3c(c12)[C@H](O)CC1(CCCC1)O3. The summed E-state index contributed by atoms with van der Waals surface area (Å²) in [7, 11) is 0. The van der Waals surface area contributed by atoms with E-state index in [4.69, 9.17) is 13.9 Å². The number of nitrogens with zero attached hydrogens (tertiary/aromatic N) is 1. The summed E-state index contributed by atoms with van der Waals surface area (Å²) in [6.45, 7) is 6.51. The summed E-state index contributed by atoms with van der Waals surface area (Å²) in [6.07, 6.45) is 4.26. The van der Waals surface area contributed by atoms with E-state index >= 15 is 0 Å². The lowest BCUT2D eigenvalue weighted by Crippen LogP contribution is -2.41. The lowest BCUT2D eigenvalue weighted by atomic mass is 9.85. The van der Waals surface area contributed by atoms with Crippen LogP contribution in [0.15, 0.2) is 16.5 Å². The third-order valence-corrected chi connectivity index (χ3v) is 6.86. The minimum atomic E-state index is -0.607. The van der Waals surface area contributed by atoms with Gasteiger partial charge < -0.3 is 24.3 Å². The number of nitrogens with one attached hydrogen (secondary N) is 1. The number of hydrogen-bond acceptors (Lipinski definition) is 6. The molecule has 0 bridgehead atoms. The standard InChI is InChI=1S/C23H30N2O5/c1-15-19-17(29-21(15)22(27)24-8-9-25-10-12-28-13-11-25)4-5-18-20(19)16(26)14-23(30-18)6-2-3-7-23/h4-5,16,26H,2-3,6-14H2,1H3,(H,24,27)/t16-/m1/s1. The number of carbonyl (C=O) groups excluding carboxylic acids is 1. The number of amides is 1. The fourth-order valence-electron chi connectivity index (χ4n) is 5.28. The maximum Gasteiger partial charge on any atom is 0.287 e. The summed E-state index contributed by atoms with van der Waals surface area (Å²) < 4.78 is 17.7. The van der Waals surface area contributed by atoms with Crippen molar-refractivity contribution in [2.45, 2.75) is 50.7 Å². The maximum atomic E-state index is 12.8. The van der Waals surface area contributed by atoms with Gasteiger partial charge in [-0.2, -0.15) is 0 Å². The van der Waals surface area contributed by atoms with Crippen molar-refractivity contribution in [3.05, 3.63) is 29.0 Å². The van der Waals surface area contributed by atoms with Crippen LogP contribution in [-0.4, -0.2) is 60.9 Å². The molecule has 0 unspecified atom stereocenters. The van der Waals surface area contributed by atoms with Crippen LogP contribution in [0.25, 0.3) is 11.0 Å². The normalized spacial score (nSPS) is 23.5. The van der Waals surface area contributed by atoms with Crippen molar-refractivity contribution in [1.29, 1.82) is 0 Å². The van der Waals surface area contributed by atoms with E-state index < -0.39 is 6.10 Å². The molecule has 7 nitrogen and oxygen atoms in total. The van der Waals surface area contributed by atoms with Gasteiger partial charge in [0, 0.05) is 49.1 Å². The van der Waals surface area contributed by atoms with Gasteiger partial charge in [-0.05, 0) is 44.7 Å². The first kappa shape index (κ1) is 19.8. The Morgan fingerprint density at radius 2 is 2.03 bits per heavy atom. The van der Waals surface area contributed by atoms with Crippen LogP contribution in [0.3, 0.4) is 0 Å². The molecular weight excluding hydrogens is 384 g/mol. The Kier molecular flexibility index (Phi) is 5.21. The van der Waals surface area contributed by atoms with Crippen molar-refractivity contribution >= 4 is 16.9 Å². The number of ether oxygens (including phenoxy) is 2. The van der Waals surface area contributed by atoms with Gasteiger partial charge in [-0.25, -0.2) is 0 Å². The highest BCUT2D eigenvalue weighted by molar-refractivity contribution is 6.00. The van der Waals surface area contributed by atoms with Gasteiger partial charge >= 0.3 is 0 Å². The molecule has 162 valence electrons. The van der Waals surface area contributed by atoms with Crippen LogP contribution >= 0.6 is 0 Å². The fraction of sp³-hybridized carbons (Fsp3) is 0.609. The van der Waals surface area contributed by atoms with Gasteiger partial charge in [0.2, 0.25) is 0 Å². The third kappa shape index (κ3) is 3.49.